The van der Waals surface area contributed by atoms with Crippen LogP contribution in [-0.4, -0.2) is 28.2 Å². The van der Waals surface area contributed by atoms with E-state index in [0.29, 0.717) is 24.0 Å². The van der Waals surface area contributed by atoms with E-state index in [9.17, 15) is 4.79 Å². The lowest BCUT2D eigenvalue weighted by atomic mass is 9.94. The third kappa shape index (κ3) is 4.53. The van der Waals surface area contributed by atoms with Gasteiger partial charge >= 0.3 is 6.03 Å². The van der Waals surface area contributed by atoms with Crippen molar-refractivity contribution in [3.05, 3.63) is 107 Å². The van der Waals surface area contributed by atoms with Gasteiger partial charge in [-0.1, -0.05) is 77.5 Å². The van der Waals surface area contributed by atoms with E-state index >= 15 is 0 Å². The quantitative estimate of drug-likeness (QED) is 0.391. The van der Waals surface area contributed by atoms with Crippen molar-refractivity contribution in [3.8, 4) is 17.1 Å². The number of carbonyl (C=O) groups excluding carboxylic acids is 1. The van der Waals surface area contributed by atoms with Gasteiger partial charge in [-0.3, -0.25) is 4.90 Å². The molecule has 5 rings (SSSR count). The van der Waals surface area contributed by atoms with Crippen molar-refractivity contribution >= 4 is 11.6 Å². The number of aromatic nitrogens is 2. The highest BCUT2D eigenvalue weighted by Gasteiger charge is 2.36. The van der Waals surface area contributed by atoms with Crippen LogP contribution >= 0.6 is 0 Å². The number of nitrogens with one attached hydrogen (secondary N) is 1. The number of amides is 2. The molecule has 4 aromatic rings. The Hall–Kier alpha value is -4.39. The zero-order valence-electron chi connectivity index (χ0n) is 19.9. The summed E-state index contributed by atoms with van der Waals surface area (Å²) in [5, 5.41) is 7.36. The summed E-state index contributed by atoms with van der Waals surface area (Å²) in [5.74, 6) is 1.56. The second-order valence-corrected chi connectivity index (χ2v) is 8.52. The number of hydrogen-bond acceptors (Lipinski definition) is 5. The van der Waals surface area contributed by atoms with Crippen LogP contribution in [0.1, 0.15) is 35.5 Å². The maximum Gasteiger partial charge on any atom is 0.322 e. The Kier molecular flexibility index (Phi) is 6.06. The summed E-state index contributed by atoms with van der Waals surface area (Å²) < 4.78 is 11.2. The third-order valence-electron chi connectivity index (χ3n) is 6.17. The lowest BCUT2D eigenvalue weighted by Crippen LogP contribution is -2.45. The van der Waals surface area contributed by atoms with Crippen molar-refractivity contribution in [2.24, 2.45) is 0 Å². The number of carbonyl (C=O) groups is 1. The predicted octanol–water partition coefficient (Wildman–Crippen LogP) is 5.75. The average molecular weight is 467 g/mol. The molecule has 7 nitrogen and oxygen atoms in total. The summed E-state index contributed by atoms with van der Waals surface area (Å²) >= 11 is 0. The molecule has 1 atom stereocenters. The Bertz CT molecular complexity index is 1380. The lowest BCUT2D eigenvalue weighted by molar-refractivity contribution is 0.203. The molecule has 35 heavy (non-hydrogen) atoms. The minimum Gasteiger partial charge on any atom is -0.497 e. The van der Waals surface area contributed by atoms with Crippen LogP contribution in [0.2, 0.25) is 0 Å². The molecule has 1 aromatic heterocycles. The van der Waals surface area contributed by atoms with Crippen LogP contribution in [0.3, 0.4) is 0 Å². The van der Waals surface area contributed by atoms with Crippen LogP contribution in [0.4, 0.5) is 4.79 Å². The number of benzene rings is 3. The highest BCUT2D eigenvalue weighted by Crippen LogP contribution is 2.38. The third-order valence-corrected chi connectivity index (χ3v) is 6.17. The molecule has 0 saturated carbocycles. The Labute approximate surface area is 204 Å². The standard InChI is InChI=1S/C28H26N4O3/c1-18-12-14-20(15-13-18)17-32-19(2)24(27-30-26(31-35-27)21-8-5-4-6-9-21)25(29-28(32)33)22-10-7-11-23(16-22)34-3/h4-16,25H,17H2,1-3H3,(H,29,33). The van der Waals surface area contributed by atoms with Crippen molar-refractivity contribution in [1.82, 2.24) is 20.4 Å². The average Bonchev–Trinajstić information content (AvgIpc) is 3.37. The van der Waals surface area contributed by atoms with Crippen molar-refractivity contribution in [3.63, 3.8) is 0 Å². The minimum atomic E-state index is -0.476. The largest absolute Gasteiger partial charge is 0.497 e. The van der Waals surface area contributed by atoms with E-state index in [1.807, 2.05) is 92.7 Å². The molecule has 0 radical (unpaired) electrons. The van der Waals surface area contributed by atoms with E-state index in [4.69, 9.17) is 14.2 Å². The molecule has 2 amide bonds. The van der Waals surface area contributed by atoms with E-state index in [0.717, 1.165) is 28.0 Å². The predicted molar refractivity (Wildman–Crippen MR) is 133 cm³/mol. The van der Waals surface area contributed by atoms with Gasteiger partial charge < -0.3 is 14.6 Å². The molecule has 1 aliphatic rings. The number of urea groups is 1. The van der Waals surface area contributed by atoms with Crippen LogP contribution in [0.15, 0.2) is 89.1 Å². The second-order valence-electron chi connectivity index (χ2n) is 8.52. The number of aryl methyl sites for hydroxylation is 1. The molecule has 7 heteroatoms. The van der Waals surface area contributed by atoms with Crippen molar-refractivity contribution in [1.29, 1.82) is 0 Å². The van der Waals surface area contributed by atoms with E-state index in [1.54, 1.807) is 12.0 Å². The first-order valence-corrected chi connectivity index (χ1v) is 11.4. The Balaban J connectivity index is 1.60. The minimum absolute atomic E-state index is 0.192. The monoisotopic (exact) mass is 466 g/mol. The maximum atomic E-state index is 13.3. The van der Waals surface area contributed by atoms with Crippen LogP contribution in [0, 0.1) is 6.92 Å². The van der Waals surface area contributed by atoms with Gasteiger partial charge in [-0.15, -0.1) is 0 Å². The second kappa shape index (κ2) is 9.46. The SMILES string of the molecule is COc1cccc(C2NC(=O)N(Cc3ccc(C)cc3)C(C)=C2c2nc(-c3ccccc3)no2)c1. The maximum absolute atomic E-state index is 13.3. The summed E-state index contributed by atoms with van der Waals surface area (Å²) in [4.78, 5) is 19.7. The summed E-state index contributed by atoms with van der Waals surface area (Å²) in [7, 11) is 1.62. The topological polar surface area (TPSA) is 80.5 Å². The molecule has 0 fully saturated rings. The van der Waals surface area contributed by atoms with E-state index in [2.05, 4.69) is 10.5 Å². The molecule has 3 aromatic carbocycles. The molecule has 0 saturated heterocycles. The van der Waals surface area contributed by atoms with E-state index in [-0.39, 0.29) is 6.03 Å². The molecule has 0 aliphatic carbocycles. The molecule has 1 unspecified atom stereocenters. The zero-order chi connectivity index (χ0) is 24.4. The van der Waals surface area contributed by atoms with E-state index < -0.39 is 6.04 Å². The molecule has 176 valence electrons. The molecular formula is C28H26N4O3. The lowest BCUT2D eigenvalue weighted by Gasteiger charge is -2.35. The summed E-state index contributed by atoms with van der Waals surface area (Å²) in [6, 6.07) is 24.8. The number of rotatable bonds is 6. The zero-order valence-corrected chi connectivity index (χ0v) is 19.9. The Morgan fingerprint density at radius 2 is 1.77 bits per heavy atom. The summed E-state index contributed by atoms with van der Waals surface area (Å²) in [6.07, 6.45) is 0. The fourth-order valence-electron chi connectivity index (χ4n) is 4.23. The molecule has 1 N–H and O–H groups in total. The summed E-state index contributed by atoms with van der Waals surface area (Å²) in [5.41, 5.74) is 5.42. The van der Waals surface area contributed by atoms with Gasteiger partial charge in [0.1, 0.15) is 5.75 Å². The van der Waals surface area contributed by atoms with Crippen LogP contribution in [-0.2, 0) is 6.54 Å². The van der Waals surface area contributed by atoms with Crippen LogP contribution < -0.4 is 10.1 Å². The fourth-order valence-corrected chi connectivity index (χ4v) is 4.23. The number of hydrogen-bond donors (Lipinski definition) is 1. The normalized spacial score (nSPS) is 15.8. The Morgan fingerprint density at radius 1 is 1.00 bits per heavy atom. The van der Waals surface area contributed by atoms with Crippen LogP contribution in [0.25, 0.3) is 17.0 Å². The van der Waals surface area contributed by atoms with Crippen molar-refractivity contribution in [2.75, 3.05) is 7.11 Å². The molecule has 1 aliphatic heterocycles. The first kappa shape index (κ1) is 22.4. The molecular weight excluding hydrogens is 440 g/mol. The van der Waals surface area contributed by atoms with Gasteiger partial charge in [0, 0.05) is 11.3 Å². The number of nitrogens with zero attached hydrogens (tertiary/aromatic N) is 3. The van der Waals surface area contributed by atoms with E-state index in [1.165, 1.54) is 5.56 Å². The Morgan fingerprint density at radius 3 is 2.51 bits per heavy atom. The van der Waals surface area contributed by atoms with Gasteiger partial charge in [-0.05, 0) is 37.1 Å². The van der Waals surface area contributed by atoms with Gasteiger partial charge in [0.2, 0.25) is 5.82 Å². The highest BCUT2D eigenvalue weighted by molar-refractivity contribution is 5.87. The van der Waals surface area contributed by atoms with Gasteiger partial charge in [0.05, 0.1) is 25.3 Å². The first-order valence-electron chi connectivity index (χ1n) is 11.4. The van der Waals surface area contributed by atoms with Crippen molar-refractivity contribution < 1.29 is 14.1 Å². The summed E-state index contributed by atoms with van der Waals surface area (Å²) in [6.45, 7) is 4.38. The number of ether oxygens (including phenoxy) is 1. The molecule has 2 heterocycles. The number of methoxy groups -OCH3 is 1. The van der Waals surface area contributed by atoms with Gasteiger partial charge in [0.25, 0.3) is 5.89 Å². The van der Waals surface area contributed by atoms with Gasteiger partial charge in [-0.25, -0.2) is 4.79 Å². The first-order chi connectivity index (χ1) is 17.0. The van der Waals surface area contributed by atoms with Gasteiger partial charge in [-0.2, -0.15) is 4.98 Å². The molecule has 0 spiro atoms. The highest BCUT2D eigenvalue weighted by atomic mass is 16.5. The van der Waals surface area contributed by atoms with Crippen LogP contribution in [0.5, 0.6) is 5.75 Å². The number of allylic oxidation sites excluding steroid dienone is 1. The van der Waals surface area contributed by atoms with Gasteiger partial charge in [0.15, 0.2) is 0 Å². The smallest absolute Gasteiger partial charge is 0.322 e. The van der Waals surface area contributed by atoms with Crippen molar-refractivity contribution in [2.45, 2.75) is 26.4 Å². The molecule has 0 bridgehead atoms. The fraction of sp³-hybridized carbons (Fsp3) is 0.179.